The number of carbonyl (C=O) groups excluding carboxylic acids is 1. The van der Waals surface area contributed by atoms with Crippen molar-refractivity contribution in [3.8, 4) is 0 Å². The molecule has 0 aliphatic heterocycles. The minimum absolute atomic E-state index is 0.0310. The smallest absolute Gasteiger partial charge is 0.326 e. The summed E-state index contributed by atoms with van der Waals surface area (Å²) in [6.45, 7) is 0.418. The van der Waals surface area contributed by atoms with Gasteiger partial charge in [-0.3, -0.25) is 4.79 Å². The molecule has 1 unspecified atom stereocenters. The van der Waals surface area contributed by atoms with E-state index in [4.69, 9.17) is 5.73 Å². The Morgan fingerprint density at radius 1 is 1.19 bits per heavy atom. The quantitative estimate of drug-likeness (QED) is 0.772. The fourth-order valence-electron chi connectivity index (χ4n) is 2.87. The second-order valence-corrected chi connectivity index (χ2v) is 5.59. The summed E-state index contributed by atoms with van der Waals surface area (Å²) >= 11 is 0. The molecule has 0 aromatic heterocycles. The van der Waals surface area contributed by atoms with Crippen LogP contribution in [0.1, 0.15) is 48.0 Å². The largest absolute Gasteiger partial charge is 0.480 e. The average Bonchev–Trinajstić information content (AvgIpc) is 2.53. The first-order valence-corrected chi connectivity index (χ1v) is 7.44. The maximum absolute atomic E-state index is 12.2. The lowest BCUT2D eigenvalue weighted by Crippen LogP contribution is -2.46. The molecule has 1 amide bonds. The zero-order valence-corrected chi connectivity index (χ0v) is 12.0. The number of benzene rings is 1. The summed E-state index contributed by atoms with van der Waals surface area (Å²) in [5.74, 6) is -1.26. The number of amides is 1. The number of aliphatic carboxylic acids is 1. The van der Waals surface area contributed by atoms with Gasteiger partial charge < -0.3 is 16.2 Å². The van der Waals surface area contributed by atoms with E-state index in [0.29, 0.717) is 12.1 Å². The summed E-state index contributed by atoms with van der Waals surface area (Å²) in [5, 5.41) is 12.0. The Bertz CT molecular complexity index is 493. The fourth-order valence-corrected chi connectivity index (χ4v) is 2.87. The third-order valence-corrected chi connectivity index (χ3v) is 4.13. The van der Waals surface area contributed by atoms with E-state index in [1.54, 1.807) is 24.3 Å². The van der Waals surface area contributed by atoms with Crippen LogP contribution in [-0.4, -0.2) is 23.0 Å². The summed E-state index contributed by atoms with van der Waals surface area (Å²) < 4.78 is 0. The van der Waals surface area contributed by atoms with Gasteiger partial charge in [0.25, 0.3) is 5.91 Å². The molecule has 0 spiro atoms. The average molecular weight is 290 g/mol. The van der Waals surface area contributed by atoms with Crippen LogP contribution in [0.2, 0.25) is 0 Å². The zero-order valence-electron chi connectivity index (χ0n) is 12.0. The molecule has 21 heavy (non-hydrogen) atoms. The van der Waals surface area contributed by atoms with E-state index in [1.165, 1.54) is 0 Å². The van der Waals surface area contributed by atoms with Gasteiger partial charge in [0, 0.05) is 12.1 Å². The molecular formula is C16H22N2O3. The molecule has 114 valence electrons. The van der Waals surface area contributed by atoms with Gasteiger partial charge in [0.15, 0.2) is 0 Å². The predicted molar refractivity (Wildman–Crippen MR) is 79.8 cm³/mol. The van der Waals surface area contributed by atoms with Crippen molar-refractivity contribution in [3.05, 3.63) is 35.4 Å². The molecule has 1 saturated carbocycles. The van der Waals surface area contributed by atoms with Gasteiger partial charge in [-0.05, 0) is 36.5 Å². The lowest BCUT2D eigenvalue weighted by Gasteiger charge is -2.28. The molecule has 4 N–H and O–H groups in total. The highest BCUT2D eigenvalue weighted by Crippen LogP contribution is 2.26. The molecule has 0 heterocycles. The van der Waals surface area contributed by atoms with Crippen molar-refractivity contribution in [3.63, 3.8) is 0 Å². The van der Waals surface area contributed by atoms with Crippen molar-refractivity contribution in [2.24, 2.45) is 11.7 Å². The van der Waals surface area contributed by atoms with Crippen molar-refractivity contribution in [1.29, 1.82) is 0 Å². The first-order valence-electron chi connectivity index (χ1n) is 7.44. The van der Waals surface area contributed by atoms with E-state index >= 15 is 0 Å². The van der Waals surface area contributed by atoms with Gasteiger partial charge in [0.05, 0.1) is 0 Å². The topological polar surface area (TPSA) is 92.4 Å². The number of nitrogens with one attached hydrogen (secondary N) is 1. The van der Waals surface area contributed by atoms with Gasteiger partial charge in [0.2, 0.25) is 0 Å². The molecule has 5 nitrogen and oxygen atoms in total. The minimum Gasteiger partial charge on any atom is -0.480 e. The van der Waals surface area contributed by atoms with Gasteiger partial charge in [0.1, 0.15) is 6.04 Å². The Hall–Kier alpha value is -1.88. The van der Waals surface area contributed by atoms with Crippen LogP contribution in [0.3, 0.4) is 0 Å². The molecule has 1 aliphatic carbocycles. The summed E-state index contributed by atoms with van der Waals surface area (Å²) in [7, 11) is 0. The summed E-state index contributed by atoms with van der Waals surface area (Å²) in [5.41, 5.74) is 6.92. The first kappa shape index (κ1) is 15.5. The number of carboxylic acid groups (broad SMARTS) is 1. The monoisotopic (exact) mass is 290 g/mol. The molecule has 1 fully saturated rings. The van der Waals surface area contributed by atoms with Crippen LogP contribution in [0.25, 0.3) is 0 Å². The number of carboxylic acids is 1. The van der Waals surface area contributed by atoms with Crippen LogP contribution in [0.15, 0.2) is 24.3 Å². The van der Waals surface area contributed by atoms with Gasteiger partial charge >= 0.3 is 5.97 Å². The number of carbonyl (C=O) groups is 2. The summed E-state index contributed by atoms with van der Waals surface area (Å²) in [6.07, 6.45) is 4.95. The highest BCUT2D eigenvalue weighted by Gasteiger charge is 2.30. The number of rotatable bonds is 5. The summed E-state index contributed by atoms with van der Waals surface area (Å²) in [6, 6.07) is 6.12. The zero-order chi connectivity index (χ0) is 15.2. The van der Waals surface area contributed by atoms with Crippen LogP contribution < -0.4 is 11.1 Å². The molecule has 1 aromatic rings. The van der Waals surface area contributed by atoms with Crippen LogP contribution in [0, 0.1) is 5.92 Å². The SMILES string of the molecule is NCc1ccc(C(=O)NC(C(=O)O)C2CCCCC2)cc1. The molecule has 1 aromatic carbocycles. The van der Waals surface area contributed by atoms with E-state index in [9.17, 15) is 14.7 Å². The Kier molecular flexibility index (Phi) is 5.33. The third kappa shape index (κ3) is 4.04. The van der Waals surface area contributed by atoms with Crippen molar-refractivity contribution in [2.45, 2.75) is 44.7 Å². The number of nitrogens with two attached hydrogens (primary N) is 1. The van der Waals surface area contributed by atoms with E-state index in [1.807, 2.05) is 0 Å². The van der Waals surface area contributed by atoms with Crippen molar-refractivity contribution >= 4 is 11.9 Å². The van der Waals surface area contributed by atoms with Gasteiger partial charge in [-0.15, -0.1) is 0 Å². The molecular weight excluding hydrogens is 268 g/mol. The normalized spacial score (nSPS) is 17.2. The standard InChI is InChI=1S/C16H22N2O3/c17-10-11-6-8-13(9-7-11)15(19)18-14(16(20)21)12-4-2-1-3-5-12/h6-9,12,14H,1-5,10,17H2,(H,18,19)(H,20,21). The van der Waals surface area contributed by atoms with Gasteiger partial charge in [-0.25, -0.2) is 4.79 Å². The molecule has 0 saturated heterocycles. The summed E-state index contributed by atoms with van der Waals surface area (Å²) in [4.78, 5) is 23.6. The molecule has 1 aliphatic rings. The van der Waals surface area contributed by atoms with Crippen LogP contribution >= 0.6 is 0 Å². The van der Waals surface area contributed by atoms with E-state index < -0.39 is 12.0 Å². The fraction of sp³-hybridized carbons (Fsp3) is 0.500. The van der Waals surface area contributed by atoms with Gasteiger partial charge in [-0.1, -0.05) is 31.4 Å². The Morgan fingerprint density at radius 3 is 2.33 bits per heavy atom. The third-order valence-electron chi connectivity index (χ3n) is 4.13. The molecule has 2 rings (SSSR count). The maximum Gasteiger partial charge on any atom is 0.326 e. The highest BCUT2D eigenvalue weighted by atomic mass is 16.4. The van der Waals surface area contributed by atoms with E-state index in [2.05, 4.69) is 5.32 Å². The van der Waals surface area contributed by atoms with E-state index in [0.717, 1.165) is 37.7 Å². The lowest BCUT2D eigenvalue weighted by molar-refractivity contribution is -0.141. The highest BCUT2D eigenvalue weighted by molar-refractivity contribution is 5.96. The van der Waals surface area contributed by atoms with Crippen LogP contribution in [0.4, 0.5) is 0 Å². The predicted octanol–water partition coefficient (Wildman–Crippen LogP) is 1.91. The Morgan fingerprint density at radius 2 is 1.81 bits per heavy atom. The molecule has 0 bridgehead atoms. The van der Waals surface area contributed by atoms with Crippen molar-refractivity contribution in [1.82, 2.24) is 5.32 Å². The maximum atomic E-state index is 12.2. The molecule has 5 heteroatoms. The minimum atomic E-state index is -0.950. The van der Waals surface area contributed by atoms with Crippen molar-refractivity contribution in [2.75, 3.05) is 0 Å². The number of hydrogen-bond donors (Lipinski definition) is 3. The second-order valence-electron chi connectivity index (χ2n) is 5.59. The molecule has 0 radical (unpaired) electrons. The van der Waals surface area contributed by atoms with E-state index in [-0.39, 0.29) is 11.8 Å². The number of hydrogen-bond acceptors (Lipinski definition) is 3. The van der Waals surface area contributed by atoms with Crippen molar-refractivity contribution < 1.29 is 14.7 Å². The van der Waals surface area contributed by atoms with Crippen LogP contribution in [0.5, 0.6) is 0 Å². The molecule has 1 atom stereocenters. The Balaban J connectivity index is 2.04. The first-order chi connectivity index (χ1) is 10.1. The van der Waals surface area contributed by atoms with Gasteiger partial charge in [-0.2, -0.15) is 0 Å². The lowest BCUT2D eigenvalue weighted by atomic mass is 9.84. The van der Waals surface area contributed by atoms with Crippen LogP contribution in [-0.2, 0) is 11.3 Å². The second kappa shape index (κ2) is 7.22. The Labute approximate surface area is 124 Å².